The molecule has 0 saturated heterocycles. The molecule has 2 N–H and O–H groups in total. The number of nitro groups is 1. The van der Waals surface area contributed by atoms with Gasteiger partial charge in [0, 0.05) is 62.9 Å². The van der Waals surface area contributed by atoms with Gasteiger partial charge in [-0.3, -0.25) is 19.7 Å². The van der Waals surface area contributed by atoms with E-state index in [9.17, 15) is 29.3 Å². The van der Waals surface area contributed by atoms with Crippen molar-refractivity contribution in [1.29, 1.82) is 0 Å². The fraction of sp³-hybridized carbons (Fsp3) is 0.200. The lowest BCUT2D eigenvalue weighted by Gasteiger charge is -2.23. The maximum atomic E-state index is 13.2. The Kier molecular flexibility index (Phi) is 13.0. The van der Waals surface area contributed by atoms with Crippen LogP contribution in [0.2, 0.25) is 0 Å². The number of nitrogen functional groups attached to an aromatic ring is 1. The first kappa shape index (κ1) is 42.0. The van der Waals surface area contributed by atoms with Gasteiger partial charge in [-0.25, -0.2) is 9.59 Å². The molecule has 12 nitrogen and oxygen atoms in total. The van der Waals surface area contributed by atoms with Gasteiger partial charge in [-0.1, -0.05) is 43.8 Å². The lowest BCUT2D eigenvalue weighted by molar-refractivity contribution is -0.384. The number of non-ortho nitro benzene ring substituents is 1. The summed E-state index contributed by atoms with van der Waals surface area (Å²) in [7, 11) is 0. The number of benzene rings is 4. The second-order valence-electron chi connectivity index (χ2n) is 13.2. The van der Waals surface area contributed by atoms with E-state index in [-0.39, 0.29) is 36.9 Å². The van der Waals surface area contributed by atoms with Crippen molar-refractivity contribution >= 4 is 69.2 Å². The van der Waals surface area contributed by atoms with Crippen LogP contribution in [0.4, 0.5) is 22.7 Å². The van der Waals surface area contributed by atoms with Crippen LogP contribution in [0.1, 0.15) is 72.5 Å². The van der Waals surface area contributed by atoms with Crippen LogP contribution in [0.5, 0.6) is 0 Å². The zero-order valence-electron chi connectivity index (χ0n) is 31.6. The summed E-state index contributed by atoms with van der Waals surface area (Å²) < 4.78 is 10.3. The molecule has 4 heterocycles. The Labute approximate surface area is 349 Å². The van der Waals surface area contributed by atoms with E-state index in [1.165, 1.54) is 46.9 Å². The van der Waals surface area contributed by atoms with Crippen LogP contribution in [-0.2, 0) is 22.3 Å². The van der Waals surface area contributed by atoms with Gasteiger partial charge in [0.2, 0.25) is 0 Å². The van der Waals surface area contributed by atoms with E-state index in [1.807, 2.05) is 60.7 Å². The quantitative estimate of drug-likeness (QED) is 0.0714. The van der Waals surface area contributed by atoms with E-state index in [2.05, 4.69) is 0 Å². The van der Waals surface area contributed by atoms with Crippen LogP contribution < -0.4 is 15.5 Å². The van der Waals surface area contributed by atoms with Crippen LogP contribution in [-0.4, -0.2) is 55.0 Å². The number of rotatable bonds is 7. The molecular formula is C45H42N4O8S2. The minimum atomic E-state index is -0.491. The number of hydrogen-bond acceptors (Lipinski definition) is 11. The molecule has 0 aliphatic carbocycles. The maximum Gasteiger partial charge on any atom is 0.348 e. The highest BCUT2D eigenvalue weighted by molar-refractivity contribution is 7.18. The zero-order chi connectivity index (χ0) is 40.9. The number of anilines is 3. The number of nitro benzene ring substituents is 1. The van der Waals surface area contributed by atoms with E-state index in [0.29, 0.717) is 65.7 Å². The number of esters is 2. The molecule has 2 amide bonds. The number of para-hydroxylation sites is 2. The number of carbonyl (C=O) groups is 4. The van der Waals surface area contributed by atoms with Gasteiger partial charge in [0.15, 0.2) is 0 Å². The van der Waals surface area contributed by atoms with Gasteiger partial charge < -0.3 is 25.0 Å². The second-order valence-corrected chi connectivity index (χ2v) is 15.3. The molecule has 302 valence electrons. The minimum absolute atomic E-state index is 0. The van der Waals surface area contributed by atoms with Crippen LogP contribution in [0, 0.1) is 10.1 Å². The molecule has 2 aliphatic rings. The first-order valence-electron chi connectivity index (χ1n) is 18.6. The summed E-state index contributed by atoms with van der Waals surface area (Å²) in [6, 6.07) is 31.7. The summed E-state index contributed by atoms with van der Waals surface area (Å²) >= 11 is 2.79. The van der Waals surface area contributed by atoms with Crippen molar-refractivity contribution in [3.63, 3.8) is 0 Å². The number of fused-ring (bicyclic) bond motifs is 6. The highest BCUT2D eigenvalue weighted by Crippen LogP contribution is 2.43. The Morgan fingerprint density at radius 1 is 0.661 bits per heavy atom. The summed E-state index contributed by atoms with van der Waals surface area (Å²) in [5.74, 6) is -0.925. The van der Waals surface area contributed by atoms with Crippen LogP contribution in [0.3, 0.4) is 0 Å². The standard InChI is InChI=1S/C22H18N2O5S.C22H20N2O3S.CH4/c1-2-29-22(26)19-13-15-11-12-23(18-6-4-3-5-17(18)20(15)30-19)21(25)14-7-9-16(10-8-14)24(27)28;1-2-27-22(26)19-13-15-11-12-24(21(25)14-7-9-16(23)10-8-14)18-6-4-3-5-17(18)20(15)28-19;/h3-10,13H,2,11-12H2,1H3;3-10,13H,2,11-12,23H2,1H3;1H4. The number of ether oxygens (including phenoxy) is 2. The zero-order valence-corrected chi connectivity index (χ0v) is 33.3. The van der Waals surface area contributed by atoms with Gasteiger partial charge >= 0.3 is 11.9 Å². The van der Waals surface area contributed by atoms with Gasteiger partial charge in [-0.15, -0.1) is 22.7 Å². The predicted molar refractivity (Wildman–Crippen MR) is 233 cm³/mol. The second kappa shape index (κ2) is 18.3. The van der Waals surface area contributed by atoms with Gasteiger partial charge in [0.25, 0.3) is 17.5 Å². The number of amides is 2. The summed E-state index contributed by atoms with van der Waals surface area (Å²) in [5, 5.41) is 10.9. The van der Waals surface area contributed by atoms with Crippen LogP contribution in [0.25, 0.3) is 20.9 Å². The van der Waals surface area contributed by atoms with Crippen LogP contribution in [0.15, 0.2) is 109 Å². The minimum Gasteiger partial charge on any atom is -0.462 e. The van der Waals surface area contributed by atoms with Crippen molar-refractivity contribution in [1.82, 2.24) is 0 Å². The number of nitrogens with zero attached hydrogens (tertiary/aromatic N) is 3. The lowest BCUT2D eigenvalue weighted by Crippen LogP contribution is -2.32. The van der Waals surface area contributed by atoms with E-state index >= 15 is 0 Å². The molecule has 0 spiro atoms. The molecule has 0 atom stereocenters. The molecule has 0 radical (unpaired) electrons. The number of carbonyl (C=O) groups excluding carboxylic acids is 4. The SMILES string of the molecule is C.CCOC(=O)c1cc2c(s1)-c1ccccc1N(C(=O)c1ccc(N)cc1)CC2.CCOC(=O)c1cc2c(s1)-c1ccccc1N(C(=O)c1ccc([N+](=O)[O-])cc1)CC2. The fourth-order valence-corrected chi connectivity index (χ4v) is 9.16. The average molecular weight is 831 g/mol. The third kappa shape index (κ3) is 8.78. The number of nitrogens with two attached hydrogens (primary N) is 1. The van der Waals surface area contributed by atoms with E-state index in [4.69, 9.17) is 15.2 Å². The van der Waals surface area contributed by atoms with Crippen molar-refractivity contribution in [2.45, 2.75) is 34.1 Å². The number of hydrogen-bond donors (Lipinski definition) is 1. The Bertz CT molecular complexity index is 2530. The third-order valence-corrected chi connectivity index (χ3v) is 12.0. The molecule has 0 saturated carbocycles. The molecule has 14 heteroatoms. The van der Waals surface area contributed by atoms with Gasteiger partial charge in [-0.05, 0) is 98.5 Å². The highest BCUT2D eigenvalue weighted by atomic mass is 32.1. The van der Waals surface area contributed by atoms with Crippen molar-refractivity contribution in [3.8, 4) is 20.9 Å². The molecule has 59 heavy (non-hydrogen) atoms. The molecular weight excluding hydrogens is 789 g/mol. The first-order chi connectivity index (χ1) is 28.1. The molecule has 2 aliphatic heterocycles. The Hall–Kier alpha value is -6.64. The third-order valence-electron chi connectivity index (χ3n) is 9.63. The Morgan fingerprint density at radius 3 is 1.47 bits per heavy atom. The van der Waals surface area contributed by atoms with E-state index in [1.54, 1.807) is 47.9 Å². The van der Waals surface area contributed by atoms with E-state index < -0.39 is 4.92 Å². The van der Waals surface area contributed by atoms with Crippen molar-refractivity contribution in [2.24, 2.45) is 0 Å². The summed E-state index contributed by atoms with van der Waals surface area (Å²) in [6.07, 6.45) is 1.25. The first-order valence-corrected chi connectivity index (χ1v) is 20.2. The van der Waals surface area contributed by atoms with E-state index in [0.717, 1.165) is 43.4 Å². The topological polar surface area (TPSA) is 162 Å². The summed E-state index contributed by atoms with van der Waals surface area (Å²) in [4.78, 5) is 67.7. The number of thiophene rings is 2. The maximum absolute atomic E-state index is 13.2. The van der Waals surface area contributed by atoms with Gasteiger partial charge in [0.1, 0.15) is 9.75 Å². The molecule has 0 fully saturated rings. The highest BCUT2D eigenvalue weighted by Gasteiger charge is 2.29. The smallest absolute Gasteiger partial charge is 0.348 e. The largest absolute Gasteiger partial charge is 0.462 e. The molecule has 6 aromatic rings. The molecule has 2 aromatic heterocycles. The monoisotopic (exact) mass is 830 g/mol. The normalized spacial score (nSPS) is 12.4. The predicted octanol–water partition coefficient (Wildman–Crippen LogP) is 9.72. The Morgan fingerprint density at radius 2 is 1.07 bits per heavy atom. The molecule has 8 rings (SSSR count). The summed E-state index contributed by atoms with van der Waals surface area (Å²) in [5.41, 5.74) is 12.8. The molecule has 0 unspecified atom stereocenters. The average Bonchev–Trinajstić information content (AvgIpc) is 3.79. The Balaban J connectivity index is 0.000000195. The summed E-state index contributed by atoms with van der Waals surface area (Å²) in [6.45, 7) is 5.20. The molecule has 0 bridgehead atoms. The van der Waals surface area contributed by atoms with Gasteiger partial charge in [-0.2, -0.15) is 0 Å². The lowest BCUT2D eigenvalue weighted by atomic mass is 10.1. The van der Waals surface area contributed by atoms with Crippen LogP contribution >= 0.6 is 22.7 Å². The van der Waals surface area contributed by atoms with Crippen molar-refractivity contribution in [2.75, 3.05) is 41.8 Å². The fourth-order valence-electron chi connectivity index (χ4n) is 6.88. The molecule has 4 aromatic carbocycles. The van der Waals surface area contributed by atoms with Crippen molar-refractivity contribution in [3.05, 3.63) is 151 Å². The van der Waals surface area contributed by atoms with Crippen molar-refractivity contribution < 1.29 is 33.6 Å². The van der Waals surface area contributed by atoms with Gasteiger partial charge in [0.05, 0.1) is 29.5 Å².